The molecule has 31 heavy (non-hydrogen) atoms. The van der Waals surface area contributed by atoms with E-state index in [0.717, 1.165) is 17.5 Å². The maximum absolute atomic E-state index is 14.2. The van der Waals surface area contributed by atoms with Crippen molar-refractivity contribution >= 4 is 22.4 Å². The first-order chi connectivity index (χ1) is 14.4. The van der Waals surface area contributed by atoms with E-state index in [-0.39, 0.29) is 42.3 Å². The fraction of sp³-hybridized carbons (Fsp3) is 0.286. The number of sulfonamides is 1. The quantitative estimate of drug-likeness (QED) is 0.445. The Bertz CT molecular complexity index is 1080. The van der Waals surface area contributed by atoms with E-state index in [2.05, 4.69) is 9.71 Å². The number of aryl methyl sites for hydroxylation is 1. The summed E-state index contributed by atoms with van der Waals surface area (Å²) in [4.78, 5) is 3.81. The minimum Gasteiger partial charge on any atom is -0.489 e. The lowest BCUT2D eigenvalue weighted by Crippen LogP contribution is -2.28. The number of benzene rings is 2. The normalized spacial score (nSPS) is 12.2. The summed E-state index contributed by atoms with van der Waals surface area (Å²) >= 11 is 0. The summed E-state index contributed by atoms with van der Waals surface area (Å²) in [6.45, 7) is 0.356. The first-order valence-corrected chi connectivity index (χ1v) is 11.0. The molecule has 7 nitrogen and oxygen atoms in total. The van der Waals surface area contributed by atoms with Crippen LogP contribution in [0.15, 0.2) is 66.1 Å². The molecule has 1 unspecified atom stereocenters. The number of imidazole rings is 1. The Kier molecular flexibility index (Phi) is 9.00. The second-order valence-corrected chi connectivity index (χ2v) is 8.65. The number of rotatable bonds is 10. The minimum absolute atomic E-state index is 0. The number of nitrogens with one attached hydrogen (secondary N) is 1. The van der Waals surface area contributed by atoms with Crippen molar-refractivity contribution in [3.8, 4) is 5.75 Å². The summed E-state index contributed by atoms with van der Waals surface area (Å²) in [5, 5.41) is -0.0788. The number of hydrogen-bond donors (Lipinski definition) is 2. The summed E-state index contributed by atoms with van der Waals surface area (Å²) < 4.78 is 47.9. The van der Waals surface area contributed by atoms with Crippen LogP contribution in [-0.2, 0) is 23.5 Å². The average Bonchev–Trinajstić information content (AvgIpc) is 3.19. The van der Waals surface area contributed by atoms with Gasteiger partial charge in [-0.05, 0) is 36.2 Å². The maximum atomic E-state index is 14.2. The Labute approximate surface area is 187 Å². The van der Waals surface area contributed by atoms with Crippen molar-refractivity contribution in [1.29, 1.82) is 0 Å². The van der Waals surface area contributed by atoms with Crippen molar-refractivity contribution in [3.05, 3.63) is 78.0 Å². The zero-order valence-corrected chi connectivity index (χ0v) is 18.7. The summed E-state index contributed by atoms with van der Waals surface area (Å²) in [5.41, 5.74) is 7.96. The smallest absolute Gasteiger partial charge is 0.259 e. The van der Waals surface area contributed by atoms with Crippen LogP contribution in [-0.4, -0.2) is 37.7 Å². The molecular formula is C21H26ClFN4O3S. The highest BCUT2D eigenvalue weighted by Crippen LogP contribution is 2.26. The van der Waals surface area contributed by atoms with E-state index in [1.807, 2.05) is 30.3 Å². The van der Waals surface area contributed by atoms with E-state index < -0.39 is 15.8 Å². The van der Waals surface area contributed by atoms with Gasteiger partial charge in [0, 0.05) is 25.7 Å². The molecule has 1 atom stereocenters. The summed E-state index contributed by atoms with van der Waals surface area (Å²) in [6.07, 6.45) is 3.52. The Morgan fingerprint density at radius 1 is 1.23 bits per heavy atom. The highest BCUT2D eigenvalue weighted by atomic mass is 35.5. The molecule has 3 rings (SSSR count). The number of nitrogens with two attached hydrogens (primary N) is 1. The molecule has 1 aromatic heterocycles. The lowest BCUT2D eigenvalue weighted by atomic mass is 9.92. The van der Waals surface area contributed by atoms with Crippen LogP contribution < -0.4 is 15.2 Å². The van der Waals surface area contributed by atoms with E-state index >= 15 is 0 Å². The predicted molar refractivity (Wildman–Crippen MR) is 119 cm³/mol. The molecular weight excluding hydrogens is 443 g/mol. The molecule has 2 aromatic carbocycles. The van der Waals surface area contributed by atoms with Gasteiger partial charge in [-0.15, -0.1) is 12.4 Å². The summed E-state index contributed by atoms with van der Waals surface area (Å²) in [7, 11) is -2.06. The summed E-state index contributed by atoms with van der Waals surface area (Å²) in [5.74, 6) is -0.434. The SMILES string of the molecule is Cl.Cn1cnc(S(=O)(=O)NCCOc2cc(C(CN)Cc3ccccc3)ccc2F)c1. The lowest BCUT2D eigenvalue weighted by Gasteiger charge is -2.17. The molecule has 0 aliphatic carbocycles. The number of aromatic nitrogens is 2. The number of halogens is 2. The fourth-order valence-electron chi connectivity index (χ4n) is 3.06. The number of ether oxygens (including phenoxy) is 1. The maximum Gasteiger partial charge on any atom is 0.259 e. The molecule has 0 bridgehead atoms. The molecule has 3 N–H and O–H groups in total. The predicted octanol–water partition coefficient (Wildman–Crippen LogP) is 2.62. The average molecular weight is 469 g/mol. The molecule has 3 aromatic rings. The molecule has 168 valence electrons. The van der Waals surface area contributed by atoms with Crippen LogP contribution in [0.1, 0.15) is 17.0 Å². The van der Waals surface area contributed by atoms with Gasteiger partial charge in [0.25, 0.3) is 10.0 Å². The Morgan fingerprint density at radius 2 is 1.97 bits per heavy atom. The monoisotopic (exact) mass is 468 g/mol. The molecule has 0 saturated carbocycles. The zero-order valence-electron chi connectivity index (χ0n) is 17.1. The van der Waals surface area contributed by atoms with Crippen molar-refractivity contribution in [2.45, 2.75) is 17.4 Å². The molecule has 10 heteroatoms. The first-order valence-electron chi connectivity index (χ1n) is 9.53. The topological polar surface area (TPSA) is 99.2 Å². The van der Waals surface area contributed by atoms with E-state index in [1.165, 1.54) is 23.2 Å². The van der Waals surface area contributed by atoms with Gasteiger partial charge in [-0.1, -0.05) is 36.4 Å². The molecule has 0 aliphatic rings. The molecule has 0 amide bonds. The van der Waals surface area contributed by atoms with Gasteiger partial charge in [0.2, 0.25) is 0 Å². The van der Waals surface area contributed by atoms with Crippen molar-refractivity contribution in [2.24, 2.45) is 12.8 Å². The minimum atomic E-state index is -3.74. The standard InChI is InChI=1S/C21H25FN4O3S.ClH/c1-26-14-21(24-15-26)30(27,28)25-9-10-29-20-12-17(7-8-19(20)22)18(13-23)11-16-5-3-2-4-6-16;/h2-8,12,14-15,18,25H,9-11,13,23H2,1H3;1H. The second kappa shape index (κ2) is 11.2. The van der Waals surface area contributed by atoms with Crippen LogP contribution in [0.4, 0.5) is 4.39 Å². The number of hydrogen-bond acceptors (Lipinski definition) is 5. The van der Waals surface area contributed by atoms with Crippen molar-refractivity contribution < 1.29 is 17.5 Å². The molecule has 0 radical (unpaired) electrons. The third-order valence-corrected chi connectivity index (χ3v) is 5.99. The molecule has 0 fully saturated rings. The van der Waals surface area contributed by atoms with Gasteiger partial charge in [-0.2, -0.15) is 0 Å². The largest absolute Gasteiger partial charge is 0.489 e. The van der Waals surface area contributed by atoms with Crippen LogP contribution in [0.2, 0.25) is 0 Å². The van der Waals surface area contributed by atoms with Gasteiger partial charge >= 0.3 is 0 Å². The number of nitrogens with zero attached hydrogens (tertiary/aromatic N) is 2. The van der Waals surface area contributed by atoms with E-state index in [1.54, 1.807) is 19.2 Å². The van der Waals surface area contributed by atoms with Crippen LogP contribution in [0, 0.1) is 5.82 Å². The zero-order chi connectivity index (χ0) is 21.6. The first kappa shape index (κ1) is 24.8. The second-order valence-electron chi connectivity index (χ2n) is 6.94. The third kappa shape index (κ3) is 6.76. The highest BCUT2D eigenvalue weighted by Gasteiger charge is 2.17. The van der Waals surface area contributed by atoms with Crippen LogP contribution in [0.5, 0.6) is 5.75 Å². The van der Waals surface area contributed by atoms with E-state index in [0.29, 0.717) is 6.54 Å². The van der Waals surface area contributed by atoms with Gasteiger partial charge in [0.15, 0.2) is 16.6 Å². The van der Waals surface area contributed by atoms with Gasteiger partial charge in [-0.25, -0.2) is 22.5 Å². The molecule has 0 aliphatic heterocycles. The van der Waals surface area contributed by atoms with E-state index in [4.69, 9.17) is 10.5 Å². The van der Waals surface area contributed by atoms with Gasteiger partial charge in [0.05, 0.1) is 6.33 Å². The van der Waals surface area contributed by atoms with Gasteiger partial charge in [0.1, 0.15) is 6.61 Å². The summed E-state index contributed by atoms with van der Waals surface area (Å²) in [6, 6.07) is 14.6. The van der Waals surface area contributed by atoms with Gasteiger partial charge < -0.3 is 15.0 Å². The molecule has 1 heterocycles. The van der Waals surface area contributed by atoms with Crippen LogP contribution in [0.25, 0.3) is 0 Å². The van der Waals surface area contributed by atoms with Crippen molar-refractivity contribution in [1.82, 2.24) is 14.3 Å². The third-order valence-electron chi connectivity index (χ3n) is 4.64. The van der Waals surface area contributed by atoms with E-state index in [9.17, 15) is 12.8 Å². The van der Waals surface area contributed by atoms with Crippen molar-refractivity contribution in [2.75, 3.05) is 19.7 Å². The van der Waals surface area contributed by atoms with Crippen LogP contribution in [0.3, 0.4) is 0 Å². The van der Waals surface area contributed by atoms with Crippen molar-refractivity contribution in [3.63, 3.8) is 0 Å². The Hall–Kier alpha value is -2.46. The lowest BCUT2D eigenvalue weighted by molar-refractivity contribution is 0.306. The van der Waals surface area contributed by atoms with Gasteiger partial charge in [-0.3, -0.25) is 0 Å². The molecule has 0 spiro atoms. The Balaban J connectivity index is 0.00000341. The Morgan fingerprint density at radius 3 is 2.61 bits per heavy atom. The highest BCUT2D eigenvalue weighted by molar-refractivity contribution is 7.89. The molecule has 0 saturated heterocycles. The van der Waals surface area contributed by atoms with Crippen LogP contribution >= 0.6 is 12.4 Å². The fourth-order valence-corrected chi connectivity index (χ4v) is 4.05.